The fourth-order valence-corrected chi connectivity index (χ4v) is 3.91. The molecular weight excluding hydrogens is 386 g/mol. The van der Waals surface area contributed by atoms with E-state index in [1.165, 1.54) is 7.11 Å². The molecule has 1 heterocycles. The van der Waals surface area contributed by atoms with Crippen LogP contribution < -0.4 is 19.7 Å². The van der Waals surface area contributed by atoms with Crippen LogP contribution in [-0.2, 0) is 0 Å². The number of hydrogen-bond acceptors (Lipinski definition) is 6. The van der Waals surface area contributed by atoms with Crippen LogP contribution in [0.25, 0.3) is 11.3 Å². The van der Waals surface area contributed by atoms with E-state index in [1.54, 1.807) is 36.6 Å². The molecule has 7 heteroatoms. The minimum absolute atomic E-state index is 0.241. The molecule has 0 aliphatic heterocycles. The van der Waals surface area contributed by atoms with Gasteiger partial charge in [0.2, 0.25) is 0 Å². The molecule has 0 bridgehead atoms. The van der Waals surface area contributed by atoms with Crippen LogP contribution in [-0.4, -0.2) is 38.2 Å². The van der Waals surface area contributed by atoms with Crippen molar-refractivity contribution in [1.29, 1.82) is 0 Å². The molecule has 29 heavy (non-hydrogen) atoms. The highest BCUT2D eigenvalue weighted by molar-refractivity contribution is 7.14. The van der Waals surface area contributed by atoms with Gasteiger partial charge in [0.1, 0.15) is 11.5 Å². The lowest BCUT2D eigenvalue weighted by Gasteiger charge is -2.16. The predicted octanol–water partition coefficient (Wildman–Crippen LogP) is 4.93. The number of carbonyl (C=O) groups is 1. The predicted molar refractivity (Wildman–Crippen MR) is 119 cm³/mol. The first-order valence-corrected chi connectivity index (χ1v) is 10.3. The second-order valence-corrected chi connectivity index (χ2v) is 7.12. The topological polar surface area (TPSA) is 63.7 Å². The molecule has 0 fully saturated rings. The van der Waals surface area contributed by atoms with Crippen molar-refractivity contribution in [2.75, 3.05) is 37.5 Å². The number of ether oxygens (including phenoxy) is 2. The molecule has 2 aromatic carbocycles. The first-order valence-electron chi connectivity index (χ1n) is 9.43. The molecule has 1 N–H and O–H groups in total. The Morgan fingerprint density at radius 1 is 1.07 bits per heavy atom. The van der Waals surface area contributed by atoms with Gasteiger partial charge in [-0.1, -0.05) is 12.1 Å². The Labute approximate surface area is 175 Å². The van der Waals surface area contributed by atoms with Crippen molar-refractivity contribution in [2.24, 2.45) is 0 Å². The molecule has 0 spiro atoms. The first-order chi connectivity index (χ1) is 14.1. The highest BCUT2D eigenvalue weighted by Crippen LogP contribution is 2.29. The van der Waals surface area contributed by atoms with Crippen molar-refractivity contribution >= 4 is 28.1 Å². The van der Waals surface area contributed by atoms with E-state index in [2.05, 4.69) is 29.4 Å². The molecule has 0 unspecified atom stereocenters. The largest absolute Gasteiger partial charge is 0.497 e. The van der Waals surface area contributed by atoms with Crippen molar-refractivity contribution in [3.63, 3.8) is 0 Å². The van der Waals surface area contributed by atoms with Gasteiger partial charge in [0, 0.05) is 35.8 Å². The Bertz CT molecular complexity index is 966. The molecule has 1 aromatic heterocycles. The van der Waals surface area contributed by atoms with Gasteiger partial charge in [0.05, 0.1) is 25.5 Å². The van der Waals surface area contributed by atoms with Crippen molar-refractivity contribution in [1.82, 2.24) is 4.98 Å². The number of benzene rings is 2. The molecule has 0 saturated carbocycles. The maximum Gasteiger partial charge on any atom is 0.259 e. The molecule has 6 nitrogen and oxygen atoms in total. The molecule has 3 aromatic rings. The summed E-state index contributed by atoms with van der Waals surface area (Å²) in [7, 11) is 3.10. The molecule has 0 aliphatic rings. The maximum atomic E-state index is 12.6. The van der Waals surface area contributed by atoms with Crippen LogP contribution in [0.1, 0.15) is 24.2 Å². The Hall–Kier alpha value is -3.06. The average Bonchev–Trinajstić information content (AvgIpc) is 3.24. The van der Waals surface area contributed by atoms with Crippen molar-refractivity contribution < 1.29 is 14.3 Å². The van der Waals surface area contributed by atoms with E-state index >= 15 is 0 Å². The third-order valence-electron chi connectivity index (χ3n) is 4.62. The molecule has 0 atom stereocenters. The molecule has 1 amide bonds. The second kappa shape index (κ2) is 9.43. The summed E-state index contributed by atoms with van der Waals surface area (Å²) in [6.07, 6.45) is 0. The standard InChI is InChI=1S/C22H25N3O3S/c1-5-25(6-2)22-24-19(14-29-22)15-7-9-16(10-8-15)23-21(26)18-12-11-17(27-3)13-20(18)28-4/h7-14H,5-6H2,1-4H3,(H,23,26). The second-order valence-electron chi connectivity index (χ2n) is 6.29. The van der Waals surface area contributed by atoms with Crippen LogP contribution in [0.5, 0.6) is 11.5 Å². The van der Waals surface area contributed by atoms with Crippen LogP contribution in [0.2, 0.25) is 0 Å². The zero-order valence-corrected chi connectivity index (χ0v) is 17.9. The summed E-state index contributed by atoms with van der Waals surface area (Å²) in [5.41, 5.74) is 3.10. The summed E-state index contributed by atoms with van der Waals surface area (Å²) >= 11 is 1.64. The van der Waals surface area contributed by atoms with Gasteiger partial charge in [-0.25, -0.2) is 4.98 Å². The minimum atomic E-state index is -0.241. The van der Waals surface area contributed by atoms with Crippen LogP contribution in [0.3, 0.4) is 0 Å². The Kier molecular flexibility index (Phi) is 6.72. The number of nitrogens with zero attached hydrogens (tertiary/aromatic N) is 2. The van der Waals surface area contributed by atoms with Crippen LogP contribution in [0.15, 0.2) is 47.8 Å². The number of aromatic nitrogens is 1. The SMILES string of the molecule is CCN(CC)c1nc(-c2ccc(NC(=O)c3ccc(OC)cc3OC)cc2)cs1. The number of rotatable bonds is 8. The third kappa shape index (κ3) is 4.68. The lowest BCUT2D eigenvalue weighted by atomic mass is 10.1. The lowest BCUT2D eigenvalue weighted by molar-refractivity contribution is 0.102. The van der Waals surface area contributed by atoms with E-state index in [-0.39, 0.29) is 5.91 Å². The maximum absolute atomic E-state index is 12.6. The number of nitrogens with one attached hydrogen (secondary N) is 1. The number of methoxy groups -OCH3 is 2. The molecule has 0 aliphatic carbocycles. The first kappa shape index (κ1) is 20.7. The summed E-state index contributed by atoms with van der Waals surface area (Å²) in [5.74, 6) is 0.856. The fraction of sp³-hybridized carbons (Fsp3) is 0.273. The van der Waals surface area contributed by atoms with Crippen molar-refractivity contribution in [3.8, 4) is 22.8 Å². The van der Waals surface area contributed by atoms with Gasteiger partial charge in [-0.3, -0.25) is 4.79 Å². The Morgan fingerprint density at radius 3 is 2.41 bits per heavy atom. The van der Waals surface area contributed by atoms with E-state index in [1.807, 2.05) is 24.3 Å². The number of amides is 1. The van der Waals surface area contributed by atoms with E-state index in [9.17, 15) is 4.79 Å². The van der Waals surface area contributed by atoms with Gasteiger partial charge in [-0.05, 0) is 38.1 Å². The molecule has 0 radical (unpaired) electrons. The smallest absolute Gasteiger partial charge is 0.259 e. The van der Waals surface area contributed by atoms with E-state index < -0.39 is 0 Å². The normalized spacial score (nSPS) is 10.5. The van der Waals surface area contributed by atoms with E-state index in [0.29, 0.717) is 22.7 Å². The van der Waals surface area contributed by atoms with E-state index in [4.69, 9.17) is 14.5 Å². The zero-order valence-electron chi connectivity index (χ0n) is 17.1. The van der Waals surface area contributed by atoms with Gasteiger partial charge < -0.3 is 19.7 Å². The van der Waals surface area contributed by atoms with Crippen LogP contribution in [0.4, 0.5) is 10.8 Å². The zero-order chi connectivity index (χ0) is 20.8. The van der Waals surface area contributed by atoms with E-state index in [0.717, 1.165) is 29.5 Å². The summed E-state index contributed by atoms with van der Waals surface area (Å²) in [4.78, 5) is 19.6. The van der Waals surface area contributed by atoms with Crippen LogP contribution in [0, 0.1) is 0 Å². The summed E-state index contributed by atoms with van der Waals surface area (Å²) in [6, 6.07) is 12.8. The molecule has 0 saturated heterocycles. The molecule has 3 rings (SSSR count). The summed E-state index contributed by atoms with van der Waals surface area (Å²) < 4.78 is 10.5. The Balaban J connectivity index is 1.73. The summed E-state index contributed by atoms with van der Waals surface area (Å²) in [6.45, 7) is 6.12. The Morgan fingerprint density at radius 2 is 1.79 bits per heavy atom. The van der Waals surface area contributed by atoms with Crippen LogP contribution >= 0.6 is 11.3 Å². The lowest BCUT2D eigenvalue weighted by Crippen LogP contribution is -2.21. The van der Waals surface area contributed by atoms with Crippen molar-refractivity contribution in [3.05, 3.63) is 53.4 Å². The highest BCUT2D eigenvalue weighted by atomic mass is 32.1. The van der Waals surface area contributed by atoms with Gasteiger partial charge >= 0.3 is 0 Å². The molecular formula is C22H25N3O3S. The number of thiazole rings is 1. The van der Waals surface area contributed by atoms with Gasteiger partial charge in [0.15, 0.2) is 5.13 Å². The third-order valence-corrected chi connectivity index (χ3v) is 5.52. The monoisotopic (exact) mass is 411 g/mol. The fourth-order valence-electron chi connectivity index (χ4n) is 2.95. The highest BCUT2D eigenvalue weighted by Gasteiger charge is 2.14. The average molecular weight is 412 g/mol. The van der Waals surface area contributed by atoms with Gasteiger partial charge in [-0.15, -0.1) is 11.3 Å². The van der Waals surface area contributed by atoms with Gasteiger partial charge in [-0.2, -0.15) is 0 Å². The minimum Gasteiger partial charge on any atom is -0.497 e. The number of carbonyl (C=O) groups excluding carboxylic acids is 1. The molecule has 152 valence electrons. The van der Waals surface area contributed by atoms with Gasteiger partial charge in [0.25, 0.3) is 5.91 Å². The number of anilines is 2. The number of hydrogen-bond donors (Lipinski definition) is 1. The van der Waals surface area contributed by atoms with Crippen molar-refractivity contribution in [2.45, 2.75) is 13.8 Å². The quantitative estimate of drug-likeness (QED) is 0.570. The summed E-state index contributed by atoms with van der Waals surface area (Å²) in [5, 5.41) is 5.99.